The van der Waals surface area contributed by atoms with Crippen LogP contribution in [0.3, 0.4) is 0 Å². The van der Waals surface area contributed by atoms with Crippen LogP contribution in [0.5, 0.6) is 0 Å². The number of imidazole rings is 1. The second-order valence-corrected chi connectivity index (χ2v) is 10.2. The van der Waals surface area contributed by atoms with Crippen LogP contribution < -0.4 is 5.32 Å². The van der Waals surface area contributed by atoms with Crippen LogP contribution >= 0.6 is 11.8 Å². The number of carboxylic acid groups (broad SMARTS) is 1. The maximum absolute atomic E-state index is 10.8. The van der Waals surface area contributed by atoms with Gasteiger partial charge in [0.25, 0.3) is 0 Å². The molecule has 5 rings (SSSR count). The quantitative estimate of drug-likeness (QED) is 0.343. The topological polar surface area (TPSA) is 80.0 Å². The lowest BCUT2D eigenvalue weighted by Crippen LogP contribution is -2.06. The molecule has 0 fully saturated rings. The number of fused-ring (bicyclic) bond motifs is 3. The van der Waals surface area contributed by atoms with Gasteiger partial charge in [0.15, 0.2) is 5.65 Å². The van der Waals surface area contributed by atoms with Crippen molar-refractivity contribution in [2.24, 2.45) is 0 Å². The van der Waals surface area contributed by atoms with Crippen LogP contribution in [0.2, 0.25) is 0 Å². The van der Waals surface area contributed by atoms with E-state index in [-0.39, 0.29) is 5.75 Å². The lowest BCUT2D eigenvalue weighted by Gasteiger charge is -2.13. The molecular weight excluding hydrogens is 456 g/mol. The molecule has 2 aromatic carbocycles. The number of carbonyl (C=O) groups is 1. The average molecular weight is 487 g/mol. The van der Waals surface area contributed by atoms with E-state index in [2.05, 4.69) is 66.2 Å². The second kappa shape index (κ2) is 9.74. The number of hydrogen-bond donors (Lipinski definition) is 2. The number of aliphatic carboxylic acids is 1. The zero-order chi connectivity index (χ0) is 24.5. The zero-order valence-corrected chi connectivity index (χ0v) is 21.2. The molecule has 0 saturated heterocycles. The summed E-state index contributed by atoms with van der Waals surface area (Å²) >= 11 is 1.43. The molecule has 0 amide bonds. The van der Waals surface area contributed by atoms with Gasteiger partial charge in [-0.3, -0.25) is 4.79 Å². The van der Waals surface area contributed by atoms with Crippen molar-refractivity contribution >= 4 is 40.3 Å². The number of pyridine rings is 1. The van der Waals surface area contributed by atoms with Gasteiger partial charge < -0.3 is 15.0 Å². The Morgan fingerprint density at radius 1 is 1.03 bits per heavy atom. The fraction of sp³-hybridized carbons (Fsp3) is 0.321. The maximum Gasteiger partial charge on any atom is 0.313 e. The fourth-order valence-electron chi connectivity index (χ4n) is 4.88. The van der Waals surface area contributed by atoms with Crippen LogP contribution in [0.25, 0.3) is 11.2 Å². The van der Waals surface area contributed by atoms with Crippen LogP contribution in [-0.4, -0.2) is 31.4 Å². The second-order valence-electron chi connectivity index (χ2n) is 9.22. The van der Waals surface area contributed by atoms with E-state index in [0.717, 1.165) is 59.9 Å². The Morgan fingerprint density at radius 3 is 2.40 bits per heavy atom. The van der Waals surface area contributed by atoms with Crippen LogP contribution in [-0.2, 0) is 36.4 Å². The number of nitrogens with one attached hydrogen (secondary N) is 1. The van der Waals surface area contributed by atoms with E-state index in [9.17, 15) is 4.79 Å². The van der Waals surface area contributed by atoms with Crippen molar-refractivity contribution in [2.75, 3.05) is 11.1 Å². The molecule has 7 heteroatoms. The van der Waals surface area contributed by atoms with Gasteiger partial charge in [-0.05, 0) is 72.7 Å². The Hall–Kier alpha value is -3.32. The van der Waals surface area contributed by atoms with Crippen molar-refractivity contribution in [3.63, 3.8) is 0 Å². The molecule has 0 spiro atoms. The SMILES string of the molecule is CCc1nc2c(C)cc(C)nc2n1Cc1ccc2c(c1)CCc1cc(CSCC(=O)O)ccc1N2. The van der Waals surface area contributed by atoms with Gasteiger partial charge in [0.05, 0.1) is 12.3 Å². The monoisotopic (exact) mass is 486 g/mol. The van der Waals surface area contributed by atoms with E-state index in [4.69, 9.17) is 15.1 Å². The van der Waals surface area contributed by atoms with E-state index in [1.807, 2.05) is 6.92 Å². The lowest BCUT2D eigenvalue weighted by molar-refractivity contribution is -0.133. The minimum absolute atomic E-state index is 0.129. The molecular formula is C28H30N4O2S. The fourth-order valence-corrected chi connectivity index (χ4v) is 5.57. The molecule has 2 N–H and O–H groups in total. The highest BCUT2D eigenvalue weighted by molar-refractivity contribution is 7.99. The summed E-state index contributed by atoms with van der Waals surface area (Å²) in [5, 5.41) is 12.5. The maximum atomic E-state index is 10.8. The molecule has 1 aliphatic rings. The van der Waals surface area contributed by atoms with E-state index in [1.165, 1.54) is 39.6 Å². The standard InChI is InChI=1S/C28H30N4O2S/c1-4-25-31-27-17(2)11-18(3)29-28(27)32(25)14-19-5-9-23-21(12-19)7-8-22-13-20(6-10-24(22)30-23)15-35-16-26(33)34/h5-6,9-13,30H,4,7-8,14-16H2,1-3H3,(H,33,34). The van der Waals surface area contributed by atoms with Crippen molar-refractivity contribution < 1.29 is 9.90 Å². The number of nitrogens with zero attached hydrogens (tertiary/aromatic N) is 3. The zero-order valence-electron chi connectivity index (χ0n) is 20.4. The predicted molar refractivity (Wildman–Crippen MR) is 143 cm³/mol. The molecule has 6 nitrogen and oxygen atoms in total. The number of anilines is 2. The average Bonchev–Trinajstić information content (AvgIpc) is 3.06. The van der Waals surface area contributed by atoms with Gasteiger partial charge in [-0.25, -0.2) is 9.97 Å². The van der Waals surface area contributed by atoms with Gasteiger partial charge in [-0.2, -0.15) is 0 Å². The molecule has 3 heterocycles. The molecule has 0 atom stereocenters. The minimum Gasteiger partial charge on any atom is -0.481 e. The Morgan fingerprint density at radius 2 is 1.71 bits per heavy atom. The number of rotatable bonds is 7. The third-order valence-electron chi connectivity index (χ3n) is 6.52. The molecule has 0 bridgehead atoms. The summed E-state index contributed by atoms with van der Waals surface area (Å²) in [5.41, 5.74) is 11.4. The lowest BCUT2D eigenvalue weighted by atomic mass is 10.0. The molecule has 4 aromatic rings. The first-order chi connectivity index (χ1) is 16.9. The number of aryl methyl sites for hydroxylation is 5. The summed E-state index contributed by atoms with van der Waals surface area (Å²) in [5.74, 6) is 1.13. The third-order valence-corrected chi connectivity index (χ3v) is 7.51. The summed E-state index contributed by atoms with van der Waals surface area (Å²) in [6, 6.07) is 15.2. The Labute approximate surface area is 209 Å². The normalized spacial score (nSPS) is 12.7. The van der Waals surface area contributed by atoms with Gasteiger partial charge >= 0.3 is 5.97 Å². The van der Waals surface area contributed by atoms with Crippen LogP contribution in [0.4, 0.5) is 11.4 Å². The predicted octanol–water partition coefficient (Wildman–Crippen LogP) is 5.82. The van der Waals surface area contributed by atoms with Crippen molar-refractivity contribution in [1.29, 1.82) is 0 Å². The van der Waals surface area contributed by atoms with Gasteiger partial charge in [0.2, 0.25) is 0 Å². The third kappa shape index (κ3) is 4.91. The number of hydrogen-bond acceptors (Lipinski definition) is 5. The van der Waals surface area contributed by atoms with Crippen LogP contribution in [0, 0.1) is 13.8 Å². The van der Waals surface area contributed by atoms with Crippen molar-refractivity contribution in [3.8, 4) is 0 Å². The molecule has 180 valence electrons. The highest BCUT2D eigenvalue weighted by Crippen LogP contribution is 2.32. The molecule has 2 aromatic heterocycles. The summed E-state index contributed by atoms with van der Waals surface area (Å²) in [6.07, 6.45) is 2.77. The highest BCUT2D eigenvalue weighted by atomic mass is 32.2. The van der Waals surface area contributed by atoms with E-state index in [1.54, 1.807) is 0 Å². The number of aromatic nitrogens is 3. The number of carboxylic acids is 1. The Kier molecular flexibility index (Phi) is 6.52. The molecule has 0 aliphatic carbocycles. The molecule has 1 aliphatic heterocycles. The van der Waals surface area contributed by atoms with Gasteiger partial charge in [-0.15, -0.1) is 11.8 Å². The van der Waals surface area contributed by atoms with Crippen molar-refractivity contribution in [1.82, 2.24) is 14.5 Å². The first kappa shape index (κ1) is 23.4. The highest BCUT2D eigenvalue weighted by Gasteiger charge is 2.17. The summed E-state index contributed by atoms with van der Waals surface area (Å²) in [7, 11) is 0. The number of thioether (sulfide) groups is 1. The Balaban J connectivity index is 1.39. The number of benzene rings is 2. The largest absolute Gasteiger partial charge is 0.481 e. The summed E-state index contributed by atoms with van der Waals surface area (Å²) in [6.45, 7) is 7.04. The van der Waals surface area contributed by atoms with E-state index >= 15 is 0 Å². The smallest absolute Gasteiger partial charge is 0.313 e. The van der Waals surface area contributed by atoms with Gasteiger partial charge in [0.1, 0.15) is 11.3 Å². The van der Waals surface area contributed by atoms with E-state index < -0.39 is 5.97 Å². The van der Waals surface area contributed by atoms with Crippen molar-refractivity contribution in [2.45, 2.75) is 52.3 Å². The van der Waals surface area contributed by atoms with Crippen LogP contribution in [0.1, 0.15) is 46.3 Å². The first-order valence-corrected chi connectivity index (χ1v) is 13.2. The van der Waals surface area contributed by atoms with E-state index in [0.29, 0.717) is 5.75 Å². The molecule has 0 unspecified atom stereocenters. The van der Waals surface area contributed by atoms with Crippen molar-refractivity contribution in [3.05, 3.63) is 81.8 Å². The van der Waals surface area contributed by atoms with Gasteiger partial charge in [0, 0.05) is 29.2 Å². The molecule has 0 radical (unpaired) electrons. The summed E-state index contributed by atoms with van der Waals surface area (Å²) < 4.78 is 2.26. The molecule has 0 saturated carbocycles. The Bertz CT molecular complexity index is 1430. The minimum atomic E-state index is -0.770. The van der Waals surface area contributed by atoms with Crippen LogP contribution in [0.15, 0.2) is 42.5 Å². The first-order valence-electron chi connectivity index (χ1n) is 12.0. The molecule has 35 heavy (non-hydrogen) atoms. The van der Waals surface area contributed by atoms with Gasteiger partial charge in [-0.1, -0.05) is 31.2 Å². The summed E-state index contributed by atoms with van der Waals surface area (Å²) in [4.78, 5) is 20.5.